The van der Waals surface area contributed by atoms with E-state index in [2.05, 4.69) is 0 Å². The Morgan fingerprint density at radius 2 is 2.09 bits per heavy atom. The maximum atomic E-state index is 11.2. The van der Waals surface area contributed by atoms with Crippen molar-refractivity contribution in [3.8, 4) is 0 Å². The molecule has 1 rings (SSSR count). The van der Waals surface area contributed by atoms with Gasteiger partial charge in [-0.1, -0.05) is 0 Å². The first-order chi connectivity index (χ1) is 4.99. The van der Waals surface area contributed by atoms with E-state index in [0.717, 1.165) is 19.3 Å². The van der Waals surface area contributed by atoms with Gasteiger partial charge in [-0.15, -0.1) is 0 Å². The standard InChI is InChI=1S/C7H15O3P/c1-11(2,9)10-7-5-3-4-6(7)8/h6-8H,3-5H2,1-2H3. The van der Waals surface area contributed by atoms with Gasteiger partial charge in [0.25, 0.3) is 0 Å². The number of aliphatic hydroxyl groups is 1. The van der Waals surface area contributed by atoms with Crippen LogP contribution < -0.4 is 0 Å². The first-order valence-electron chi connectivity index (χ1n) is 3.90. The molecule has 0 spiro atoms. The van der Waals surface area contributed by atoms with Crippen molar-refractivity contribution in [3.05, 3.63) is 0 Å². The lowest BCUT2D eigenvalue weighted by Crippen LogP contribution is -2.21. The fraction of sp³-hybridized carbons (Fsp3) is 1.00. The van der Waals surface area contributed by atoms with Gasteiger partial charge in [-0.25, -0.2) is 0 Å². The quantitative estimate of drug-likeness (QED) is 0.651. The number of rotatable bonds is 2. The normalized spacial score (nSPS) is 32.6. The summed E-state index contributed by atoms with van der Waals surface area (Å²) in [6.45, 7) is 3.16. The summed E-state index contributed by atoms with van der Waals surface area (Å²) in [4.78, 5) is 0. The highest BCUT2D eigenvalue weighted by atomic mass is 31.2. The molecular weight excluding hydrogens is 163 g/mol. The van der Waals surface area contributed by atoms with Crippen molar-refractivity contribution in [2.75, 3.05) is 13.3 Å². The van der Waals surface area contributed by atoms with Crippen LogP contribution in [-0.2, 0) is 9.09 Å². The Balaban J connectivity index is 2.43. The molecule has 11 heavy (non-hydrogen) atoms. The Bertz CT molecular complexity index is 175. The molecule has 2 atom stereocenters. The van der Waals surface area contributed by atoms with Gasteiger partial charge < -0.3 is 9.63 Å². The molecule has 0 bridgehead atoms. The second kappa shape index (κ2) is 3.26. The van der Waals surface area contributed by atoms with Crippen molar-refractivity contribution in [2.45, 2.75) is 31.5 Å². The van der Waals surface area contributed by atoms with Gasteiger partial charge in [0.05, 0.1) is 12.2 Å². The maximum Gasteiger partial charge on any atom is 0.197 e. The second-order valence-electron chi connectivity index (χ2n) is 3.39. The topological polar surface area (TPSA) is 46.5 Å². The summed E-state index contributed by atoms with van der Waals surface area (Å²) in [7, 11) is -2.41. The SMILES string of the molecule is CP(C)(=O)OC1CCCC1O. The van der Waals surface area contributed by atoms with Crippen LogP contribution in [0, 0.1) is 0 Å². The van der Waals surface area contributed by atoms with Gasteiger partial charge >= 0.3 is 0 Å². The molecular formula is C7H15O3P. The summed E-state index contributed by atoms with van der Waals surface area (Å²) >= 11 is 0. The molecule has 0 amide bonds. The van der Waals surface area contributed by atoms with E-state index in [4.69, 9.17) is 4.52 Å². The van der Waals surface area contributed by atoms with Crippen molar-refractivity contribution < 1.29 is 14.2 Å². The third-order valence-electron chi connectivity index (χ3n) is 1.81. The predicted octanol–water partition coefficient (Wildman–Crippen LogP) is 1.45. The molecule has 0 radical (unpaired) electrons. The van der Waals surface area contributed by atoms with E-state index in [0.29, 0.717) is 0 Å². The molecule has 0 saturated heterocycles. The maximum absolute atomic E-state index is 11.2. The molecule has 0 aromatic rings. The van der Waals surface area contributed by atoms with Crippen molar-refractivity contribution in [1.82, 2.24) is 0 Å². The average Bonchev–Trinajstić information content (AvgIpc) is 2.12. The summed E-state index contributed by atoms with van der Waals surface area (Å²) in [5, 5.41) is 9.31. The van der Waals surface area contributed by atoms with E-state index < -0.39 is 13.5 Å². The lowest BCUT2D eigenvalue weighted by Gasteiger charge is -2.18. The number of aliphatic hydroxyl groups excluding tert-OH is 1. The van der Waals surface area contributed by atoms with E-state index in [1.54, 1.807) is 13.3 Å². The highest BCUT2D eigenvalue weighted by molar-refractivity contribution is 7.57. The fourth-order valence-electron chi connectivity index (χ4n) is 1.36. The van der Waals surface area contributed by atoms with Crippen LogP contribution in [0.1, 0.15) is 19.3 Å². The number of hydrogen-bond donors (Lipinski definition) is 1. The molecule has 1 aliphatic rings. The van der Waals surface area contributed by atoms with Crippen LogP contribution in [0.2, 0.25) is 0 Å². The highest BCUT2D eigenvalue weighted by Crippen LogP contribution is 2.42. The van der Waals surface area contributed by atoms with E-state index in [9.17, 15) is 9.67 Å². The molecule has 1 saturated carbocycles. The van der Waals surface area contributed by atoms with Crippen molar-refractivity contribution in [2.24, 2.45) is 0 Å². The van der Waals surface area contributed by atoms with Crippen LogP contribution in [0.3, 0.4) is 0 Å². The third-order valence-corrected chi connectivity index (χ3v) is 2.59. The van der Waals surface area contributed by atoms with E-state index in [1.165, 1.54) is 0 Å². The zero-order valence-corrected chi connectivity index (χ0v) is 7.88. The van der Waals surface area contributed by atoms with Gasteiger partial charge in [-0.05, 0) is 19.3 Å². The first-order valence-corrected chi connectivity index (χ1v) is 6.42. The van der Waals surface area contributed by atoms with Gasteiger partial charge in [-0.2, -0.15) is 0 Å². The lowest BCUT2D eigenvalue weighted by atomic mass is 10.3. The molecule has 4 heteroatoms. The molecule has 0 aromatic carbocycles. The summed E-state index contributed by atoms with van der Waals surface area (Å²) in [6, 6.07) is 0. The Kier molecular flexibility index (Phi) is 2.74. The molecule has 3 nitrogen and oxygen atoms in total. The molecule has 1 aliphatic carbocycles. The summed E-state index contributed by atoms with van der Waals surface area (Å²) < 4.78 is 16.4. The summed E-state index contributed by atoms with van der Waals surface area (Å²) in [5.74, 6) is 0. The first kappa shape index (κ1) is 9.24. The Morgan fingerprint density at radius 3 is 2.45 bits per heavy atom. The minimum atomic E-state index is -2.41. The van der Waals surface area contributed by atoms with Gasteiger partial charge in [0, 0.05) is 13.3 Å². The zero-order valence-electron chi connectivity index (χ0n) is 6.99. The van der Waals surface area contributed by atoms with E-state index in [1.807, 2.05) is 0 Å². The predicted molar refractivity (Wildman–Crippen MR) is 44.2 cm³/mol. The van der Waals surface area contributed by atoms with Crippen molar-refractivity contribution >= 4 is 7.37 Å². The van der Waals surface area contributed by atoms with Crippen LogP contribution in [-0.4, -0.2) is 30.6 Å². The van der Waals surface area contributed by atoms with Gasteiger partial charge in [0.1, 0.15) is 0 Å². The monoisotopic (exact) mass is 178 g/mol. The molecule has 2 unspecified atom stereocenters. The van der Waals surface area contributed by atoms with Crippen LogP contribution in [0.5, 0.6) is 0 Å². The minimum Gasteiger partial charge on any atom is -0.390 e. The van der Waals surface area contributed by atoms with Gasteiger partial charge in [0.15, 0.2) is 7.37 Å². The molecule has 0 heterocycles. The van der Waals surface area contributed by atoms with Gasteiger partial charge in [0.2, 0.25) is 0 Å². The van der Waals surface area contributed by atoms with Gasteiger partial charge in [-0.3, -0.25) is 4.57 Å². The largest absolute Gasteiger partial charge is 0.390 e. The zero-order chi connectivity index (χ0) is 8.48. The van der Waals surface area contributed by atoms with Crippen LogP contribution in [0.4, 0.5) is 0 Å². The summed E-state index contributed by atoms with van der Waals surface area (Å²) in [6.07, 6.45) is 2.02. The molecule has 0 aromatic heterocycles. The van der Waals surface area contributed by atoms with E-state index in [-0.39, 0.29) is 6.10 Å². The molecule has 1 N–H and O–H groups in total. The van der Waals surface area contributed by atoms with Crippen molar-refractivity contribution in [3.63, 3.8) is 0 Å². The molecule has 0 aliphatic heterocycles. The lowest BCUT2D eigenvalue weighted by molar-refractivity contribution is 0.0634. The smallest absolute Gasteiger partial charge is 0.197 e. The molecule has 1 fully saturated rings. The Hall–Kier alpha value is 0.150. The Labute approximate surface area is 67.2 Å². The Morgan fingerprint density at radius 1 is 1.45 bits per heavy atom. The van der Waals surface area contributed by atoms with Crippen molar-refractivity contribution in [1.29, 1.82) is 0 Å². The van der Waals surface area contributed by atoms with E-state index >= 15 is 0 Å². The summed E-state index contributed by atoms with van der Waals surface area (Å²) in [5.41, 5.74) is 0. The highest BCUT2D eigenvalue weighted by Gasteiger charge is 2.29. The third kappa shape index (κ3) is 2.94. The number of hydrogen-bond acceptors (Lipinski definition) is 3. The van der Waals surface area contributed by atoms with Crippen LogP contribution >= 0.6 is 7.37 Å². The average molecular weight is 178 g/mol. The second-order valence-corrected chi connectivity index (χ2v) is 6.11. The van der Waals surface area contributed by atoms with Crippen LogP contribution in [0.25, 0.3) is 0 Å². The molecule has 66 valence electrons. The van der Waals surface area contributed by atoms with Crippen LogP contribution in [0.15, 0.2) is 0 Å². The fourth-order valence-corrected chi connectivity index (χ4v) is 2.25. The minimum absolute atomic E-state index is 0.184.